The van der Waals surface area contributed by atoms with Crippen LogP contribution in [-0.2, 0) is 26.2 Å². The number of methoxy groups -OCH3 is 1. The van der Waals surface area contributed by atoms with E-state index in [0.717, 1.165) is 9.87 Å². The molecule has 0 heterocycles. The first-order chi connectivity index (χ1) is 18.6. The van der Waals surface area contributed by atoms with Crippen molar-refractivity contribution in [1.29, 1.82) is 0 Å². The lowest BCUT2D eigenvalue weighted by molar-refractivity contribution is -0.140. The molecule has 10 heteroatoms. The maximum Gasteiger partial charge on any atom is 0.264 e. The van der Waals surface area contributed by atoms with Crippen LogP contribution >= 0.6 is 11.6 Å². The number of benzene rings is 3. The summed E-state index contributed by atoms with van der Waals surface area (Å²) >= 11 is 6.43. The molecule has 1 atom stereocenters. The second-order valence-corrected chi connectivity index (χ2v) is 11.5. The Balaban J connectivity index is 2.07. The SMILES string of the molecule is CC[C@@H](C(=O)NC(C)C)N(Cc1cccc(OC)c1)C(=O)CN(c1ccccc1Cl)S(=O)(=O)c1ccccc1. The maximum atomic E-state index is 14.0. The standard InChI is InChI=1S/C29H34ClN3O5S/c1-5-26(29(35)31-21(2)3)32(19-22-12-11-13-23(18-22)38-4)28(34)20-33(27-17-10-9-16-25(27)30)39(36,37)24-14-7-6-8-15-24/h6-18,21,26H,5,19-20H2,1-4H3,(H,31,35)/t26-/m0/s1. The van der Waals surface area contributed by atoms with E-state index in [9.17, 15) is 18.0 Å². The summed E-state index contributed by atoms with van der Waals surface area (Å²) in [7, 11) is -2.64. The zero-order valence-electron chi connectivity index (χ0n) is 22.5. The van der Waals surface area contributed by atoms with Crippen LogP contribution < -0.4 is 14.4 Å². The van der Waals surface area contributed by atoms with Crippen LogP contribution in [0.15, 0.2) is 83.8 Å². The summed E-state index contributed by atoms with van der Waals surface area (Å²) in [5.74, 6) is -0.272. The second-order valence-electron chi connectivity index (χ2n) is 9.24. The lowest BCUT2D eigenvalue weighted by Crippen LogP contribution is -2.53. The molecule has 0 unspecified atom stereocenters. The average molecular weight is 572 g/mol. The van der Waals surface area contributed by atoms with E-state index >= 15 is 0 Å². The Morgan fingerprint density at radius 1 is 0.974 bits per heavy atom. The first-order valence-electron chi connectivity index (χ1n) is 12.6. The van der Waals surface area contributed by atoms with Gasteiger partial charge in [0.15, 0.2) is 0 Å². The fourth-order valence-corrected chi connectivity index (χ4v) is 5.90. The third-order valence-corrected chi connectivity index (χ3v) is 8.13. The molecule has 3 rings (SSSR count). The summed E-state index contributed by atoms with van der Waals surface area (Å²) in [6.07, 6.45) is 0.325. The molecule has 39 heavy (non-hydrogen) atoms. The fraction of sp³-hybridized carbons (Fsp3) is 0.310. The van der Waals surface area contributed by atoms with Crippen molar-refractivity contribution < 1.29 is 22.7 Å². The molecule has 0 aliphatic heterocycles. The Kier molecular flexibility index (Phi) is 10.4. The number of nitrogens with one attached hydrogen (secondary N) is 1. The molecule has 0 saturated heterocycles. The summed E-state index contributed by atoms with van der Waals surface area (Å²) in [5.41, 5.74) is 0.895. The number of nitrogens with zero attached hydrogens (tertiary/aromatic N) is 2. The number of amides is 2. The number of carbonyl (C=O) groups is 2. The minimum absolute atomic E-state index is 0.0154. The number of hydrogen-bond acceptors (Lipinski definition) is 5. The Labute approximate surface area is 235 Å². The van der Waals surface area contributed by atoms with E-state index in [2.05, 4.69) is 5.32 Å². The third-order valence-electron chi connectivity index (χ3n) is 6.04. The predicted octanol–water partition coefficient (Wildman–Crippen LogP) is 4.88. The molecule has 2 amide bonds. The molecular weight excluding hydrogens is 538 g/mol. The largest absolute Gasteiger partial charge is 0.497 e. The molecule has 0 bridgehead atoms. The van der Waals surface area contributed by atoms with E-state index in [4.69, 9.17) is 16.3 Å². The number of anilines is 1. The number of para-hydroxylation sites is 1. The van der Waals surface area contributed by atoms with E-state index in [0.29, 0.717) is 12.2 Å². The number of ether oxygens (including phenoxy) is 1. The number of halogens is 1. The molecule has 208 valence electrons. The zero-order valence-corrected chi connectivity index (χ0v) is 24.1. The zero-order chi connectivity index (χ0) is 28.6. The maximum absolute atomic E-state index is 14.0. The highest BCUT2D eigenvalue weighted by Crippen LogP contribution is 2.31. The van der Waals surface area contributed by atoms with Gasteiger partial charge in [-0.2, -0.15) is 0 Å². The van der Waals surface area contributed by atoms with Gasteiger partial charge < -0.3 is 15.0 Å². The molecule has 1 N–H and O–H groups in total. The number of rotatable bonds is 12. The quantitative estimate of drug-likeness (QED) is 0.334. The van der Waals surface area contributed by atoms with Crippen LogP contribution in [0.4, 0.5) is 5.69 Å². The van der Waals surface area contributed by atoms with Gasteiger partial charge in [0.1, 0.15) is 18.3 Å². The molecule has 8 nitrogen and oxygen atoms in total. The van der Waals surface area contributed by atoms with Crippen LogP contribution in [-0.4, -0.2) is 50.9 Å². The minimum Gasteiger partial charge on any atom is -0.497 e. The molecule has 0 saturated carbocycles. The highest BCUT2D eigenvalue weighted by Gasteiger charge is 2.34. The second kappa shape index (κ2) is 13.5. The minimum atomic E-state index is -4.18. The van der Waals surface area contributed by atoms with Crippen molar-refractivity contribution in [3.8, 4) is 5.75 Å². The molecule has 3 aromatic carbocycles. The van der Waals surface area contributed by atoms with Crippen molar-refractivity contribution in [2.75, 3.05) is 18.0 Å². The van der Waals surface area contributed by atoms with Gasteiger partial charge in [-0.15, -0.1) is 0 Å². The predicted molar refractivity (Wildman–Crippen MR) is 153 cm³/mol. The van der Waals surface area contributed by atoms with E-state index in [1.54, 1.807) is 67.8 Å². The summed E-state index contributed by atoms with van der Waals surface area (Å²) < 4.78 is 33.9. The van der Waals surface area contributed by atoms with Gasteiger partial charge in [0.2, 0.25) is 11.8 Å². The monoisotopic (exact) mass is 571 g/mol. The van der Waals surface area contributed by atoms with Gasteiger partial charge in [0.25, 0.3) is 10.0 Å². The molecule has 0 fully saturated rings. The van der Waals surface area contributed by atoms with Gasteiger partial charge in [0.05, 0.1) is 22.7 Å². The molecule has 0 aliphatic carbocycles. The average Bonchev–Trinajstić information content (AvgIpc) is 2.92. The number of hydrogen-bond donors (Lipinski definition) is 1. The highest BCUT2D eigenvalue weighted by molar-refractivity contribution is 7.92. The van der Waals surface area contributed by atoms with Gasteiger partial charge in [-0.05, 0) is 62.2 Å². The summed E-state index contributed by atoms with van der Waals surface area (Å²) in [5, 5.41) is 3.05. The molecule has 0 spiro atoms. The number of carbonyl (C=O) groups excluding carboxylic acids is 2. The molecular formula is C29H34ClN3O5S. The topological polar surface area (TPSA) is 96.0 Å². The van der Waals surface area contributed by atoms with Crippen molar-refractivity contribution in [3.05, 3.63) is 89.4 Å². The van der Waals surface area contributed by atoms with Crippen molar-refractivity contribution in [2.24, 2.45) is 0 Å². The normalized spacial score (nSPS) is 12.1. The van der Waals surface area contributed by atoms with Crippen LogP contribution in [0.3, 0.4) is 0 Å². The van der Waals surface area contributed by atoms with Crippen molar-refractivity contribution in [2.45, 2.75) is 50.7 Å². The third kappa shape index (κ3) is 7.52. The first kappa shape index (κ1) is 30.0. The van der Waals surface area contributed by atoms with Crippen molar-refractivity contribution >= 4 is 39.1 Å². The fourth-order valence-electron chi connectivity index (χ4n) is 4.15. The lowest BCUT2D eigenvalue weighted by atomic mass is 10.1. The smallest absolute Gasteiger partial charge is 0.264 e. The molecule has 0 aliphatic rings. The van der Waals surface area contributed by atoms with E-state index in [1.807, 2.05) is 26.8 Å². The Bertz CT molecular complexity index is 1380. The van der Waals surface area contributed by atoms with E-state index in [1.165, 1.54) is 17.0 Å². The molecule has 3 aromatic rings. The number of sulfonamides is 1. The van der Waals surface area contributed by atoms with Gasteiger partial charge in [-0.1, -0.05) is 61.0 Å². The van der Waals surface area contributed by atoms with Crippen LogP contribution in [0, 0.1) is 0 Å². The van der Waals surface area contributed by atoms with E-state index < -0.39 is 28.5 Å². The Morgan fingerprint density at radius 2 is 1.64 bits per heavy atom. The van der Waals surface area contributed by atoms with E-state index in [-0.39, 0.29) is 34.1 Å². The van der Waals surface area contributed by atoms with Gasteiger partial charge in [0, 0.05) is 12.6 Å². The van der Waals surface area contributed by atoms with Gasteiger partial charge in [-0.25, -0.2) is 8.42 Å². The van der Waals surface area contributed by atoms with Crippen LogP contribution in [0.1, 0.15) is 32.8 Å². The Morgan fingerprint density at radius 3 is 2.26 bits per heavy atom. The Hall–Kier alpha value is -3.56. The van der Waals surface area contributed by atoms with Gasteiger partial charge >= 0.3 is 0 Å². The van der Waals surface area contributed by atoms with Crippen molar-refractivity contribution in [1.82, 2.24) is 10.2 Å². The van der Waals surface area contributed by atoms with Crippen molar-refractivity contribution in [3.63, 3.8) is 0 Å². The van der Waals surface area contributed by atoms with Crippen LogP contribution in [0.25, 0.3) is 0 Å². The summed E-state index contributed by atoms with van der Waals surface area (Å²) in [6.45, 7) is 5.00. The molecule has 0 radical (unpaired) electrons. The molecule has 0 aromatic heterocycles. The first-order valence-corrected chi connectivity index (χ1v) is 14.4. The van der Waals surface area contributed by atoms with Crippen LogP contribution in [0.5, 0.6) is 5.75 Å². The summed E-state index contributed by atoms with van der Waals surface area (Å²) in [6, 6.07) is 20.5. The lowest BCUT2D eigenvalue weighted by Gasteiger charge is -2.33. The van der Waals surface area contributed by atoms with Crippen LogP contribution in [0.2, 0.25) is 5.02 Å². The highest BCUT2D eigenvalue weighted by atomic mass is 35.5. The van der Waals surface area contributed by atoms with Gasteiger partial charge in [-0.3, -0.25) is 13.9 Å². The summed E-state index contributed by atoms with van der Waals surface area (Å²) in [4.78, 5) is 28.6.